The van der Waals surface area contributed by atoms with Gasteiger partial charge in [-0.1, -0.05) is 45.4 Å². The lowest BCUT2D eigenvalue weighted by molar-refractivity contribution is -0.118. The number of nitrogens with two attached hydrogens (primary N) is 1. The number of nitrogens with one attached hydrogen (secondary N) is 2. The van der Waals surface area contributed by atoms with E-state index in [-0.39, 0.29) is 29.8 Å². The Labute approximate surface area is 181 Å². The number of aromatic amines is 2. The van der Waals surface area contributed by atoms with Gasteiger partial charge >= 0.3 is 5.69 Å². The van der Waals surface area contributed by atoms with E-state index < -0.39 is 11.2 Å². The maximum atomic E-state index is 13.2. The van der Waals surface area contributed by atoms with Crippen LogP contribution in [0.2, 0.25) is 0 Å². The molecule has 0 aliphatic carbocycles. The maximum Gasteiger partial charge on any atom is 0.330 e. The Bertz CT molecular complexity index is 1170. The number of fused-ring (bicyclic) bond motifs is 1. The van der Waals surface area contributed by atoms with Gasteiger partial charge < -0.3 is 15.6 Å². The molecule has 0 unspecified atom stereocenters. The topological polar surface area (TPSA) is 117 Å². The molecule has 0 fully saturated rings. The van der Waals surface area contributed by atoms with Gasteiger partial charge in [0.25, 0.3) is 5.56 Å². The third-order valence-corrected chi connectivity index (χ3v) is 5.35. The summed E-state index contributed by atoms with van der Waals surface area (Å²) >= 11 is 0. The fourth-order valence-electron chi connectivity index (χ4n) is 3.77. The van der Waals surface area contributed by atoms with Crippen molar-refractivity contribution in [3.63, 3.8) is 0 Å². The number of hydrogen-bond donors (Lipinski definition) is 3. The summed E-state index contributed by atoms with van der Waals surface area (Å²) in [4.78, 5) is 45.2. The van der Waals surface area contributed by atoms with Crippen molar-refractivity contribution in [3.05, 3.63) is 56.9 Å². The van der Waals surface area contributed by atoms with Crippen LogP contribution in [0, 0.1) is 5.92 Å². The fraction of sp³-hybridized carbons (Fsp3) is 0.435. The van der Waals surface area contributed by atoms with E-state index >= 15 is 0 Å². The number of anilines is 2. The number of nitrogen functional groups attached to an aromatic ring is 1. The van der Waals surface area contributed by atoms with Crippen LogP contribution in [-0.4, -0.2) is 27.0 Å². The van der Waals surface area contributed by atoms with E-state index in [4.69, 9.17) is 5.73 Å². The summed E-state index contributed by atoms with van der Waals surface area (Å²) in [6, 6.07) is 7.93. The van der Waals surface area contributed by atoms with Crippen molar-refractivity contribution in [2.75, 3.05) is 17.2 Å². The molecule has 4 N–H and O–H groups in total. The van der Waals surface area contributed by atoms with Crippen LogP contribution in [0.4, 0.5) is 11.5 Å². The molecule has 166 valence electrons. The van der Waals surface area contributed by atoms with Crippen molar-refractivity contribution in [2.45, 2.75) is 53.0 Å². The van der Waals surface area contributed by atoms with Gasteiger partial charge in [0.1, 0.15) is 5.82 Å². The first kappa shape index (κ1) is 22.4. The number of carbonyl (C=O) groups excluding carboxylic acids is 1. The molecule has 0 atom stereocenters. The zero-order valence-corrected chi connectivity index (χ0v) is 18.4. The van der Waals surface area contributed by atoms with E-state index in [0.717, 1.165) is 29.3 Å². The molecule has 31 heavy (non-hydrogen) atoms. The SMILES string of the molecule is CCCCn1c(N)c(N(CC(C)C)C(=O)CCc2c[nH]c3ccccc23)c(=O)[nH]c1=O. The number of rotatable bonds is 9. The van der Waals surface area contributed by atoms with Gasteiger partial charge in [0.05, 0.1) is 0 Å². The lowest BCUT2D eigenvalue weighted by Gasteiger charge is -2.26. The molecule has 2 heterocycles. The van der Waals surface area contributed by atoms with E-state index in [1.54, 1.807) is 0 Å². The number of aromatic nitrogens is 3. The standard InChI is InChI=1S/C23H31N5O3/c1-4-5-12-27-21(24)20(22(30)26-23(27)31)28(14-15(2)3)19(29)11-10-16-13-25-18-9-7-6-8-17(16)18/h6-9,13,15,25H,4-5,10-12,14,24H2,1-3H3,(H,26,30,31). The number of H-pyrrole nitrogens is 2. The third-order valence-electron chi connectivity index (χ3n) is 5.35. The maximum absolute atomic E-state index is 13.2. The Morgan fingerprint density at radius 2 is 1.97 bits per heavy atom. The van der Waals surface area contributed by atoms with Crippen molar-refractivity contribution in [1.29, 1.82) is 0 Å². The Morgan fingerprint density at radius 1 is 1.23 bits per heavy atom. The minimum atomic E-state index is -0.628. The minimum absolute atomic E-state index is 0.0447. The summed E-state index contributed by atoms with van der Waals surface area (Å²) < 4.78 is 1.35. The summed E-state index contributed by atoms with van der Waals surface area (Å²) in [5, 5.41) is 1.08. The highest BCUT2D eigenvalue weighted by Gasteiger charge is 2.25. The van der Waals surface area contributed by atoms with Gasteiger partial charge in [-0.15, -0.1) is 0 Å². The molecule has 0 aliphatic rings. The molecule has 3 rings (SSSR count). The zero-order chi connectivity index (χ0) is 22.5. The first-order valence-electron chi connectivity index (χ1n) is 10.8. The quantitative estimate of drug-likeness (QED) is 0.488. The highest BCUT2D eigenvalue weighted by atomic mass is 16.2. The smallest absolute Gasteiger partial charge is 0.330 e. The van der Waals surface area contributed by atoms with E-state index in [9.17, 15) is 14.4 Å². The van der Waals surface area contributed by atoms with Crippen LogP contribution in [0.1, 0.15) is 45.6 Å². The summed E-state index contributed by atoms with van der Waals surface area (Å²) in [5.74, 6) is -0.0352. The molecular formula is C23H31N5O3. The monoisotopic (exact) mass is 425 g/mol. The second-order valence-electron chi connectivity index (χ2n) is 8.26. The second kappa shape index (κ2) is 9.68. The molecule has 8 heteroatoms. The van der Waals surface area contributed by atoms with Gasteiger partial charge in [0.15, 0.2) is 5.69 Å². The molecule has 8 nitrogen and oxygen atoms in total. The van der Waals surface area contributed by atoms with Crippen molar-refractivity contribution in [2.24, 2.45) is 5.92 Å². The number of benzene rings is 1. The molecule has 0 spiro atoms. The molecule has 0 radical (unpaired) electrons. The van der Waals surface area contributed by atoms with Gasteiger partial charge in [0, 0.05) is 36.6 Å². The van der Waals surface area contributed by atoms with Crippen molar-refractivity contribution in [1.82, 2.24) is 14.5 Å². The Kier molecular flexibility index (Phi) is 6.99. The fourth-order valence-corrected chi connectivity index (χ4v) is 3.77. The van der Waals surface area contributed by atoms with E-state index in [2.05, 4.69) is 9.97 Å². The van der Waals surface area contributed by atoms with Gasteiger partial charge in [-0.2, -0.15) is 0 Å². The van der Waals surface area contributed by atoms with Crippen LogP contribution in [0.5, 0.6) is 0 Å². The van der Waals surface area contributed by atoms with Gasteiger partial charge in [-0.3, -0.25) is 19.1 Å². The van der Waals surface area contributed by atoms with Crippen molar-refractivity contribution < 1.29 is 4.79 Å². The van der Waals surface area contributed by atoms with Gasteiger partial charge in [0.2, 0.25) is 5.91 Å². The van der Waals surface area contributed by atoms with E-state index in [1.807, 2.05) is 51.2 Å². The van der Waals surface area contributed by atoms with E-state index in [1.165, 1.54) is 9.47 Å². The molecule has 0 saturated carbocycles. The predicted molar refractivity (Wildman–Crippen MR) is 124 cm³/mol. The lowest BCUT2D eigenvalue weighted by Crippen LogP contribution is -2.42. The average Bonchev–Trinajstić information content (AvgIpc) is 3.14. The number of para-hydroxylation sites is 1. The highest BCUT2D eigenvalue weighted by Crippen LogP contribution is 2.22. The second-order valence-corrected chi connectivity index (χ2v) is 8.26. The van der Waals surface area contributed by atoms with Crippen LogP contribution >= 0.6 is 0 Å². The Balaban J connectivity index is 1.92. The van der Waals surface area contributed by atoms with Crippen LogP contribution < -0.4 is 21.9 Å². The summed E-state index contributed by atoms with van der Waals surface area (Å²) in [6.07, 6.45) is 4.29. The number of aryl methyl sites for hydroxylation is 1. The predicted octanol–water partition coefficient (Wildman–Crippen LogP) is 3.02. The molecule has 0 bridgehead atoms. The molecule has 1 aromatic carbocycles. The molecule has 0 aliphatic heterocycles. The number of hydrogen-bond acceptors (Lipinski definition) is 4. The van der Waals surface area contributed by atoms with Crippen molar-refractivity contribution >= 4 is 28.3 Å². The number of unbranched alkanes of at least 4 members (excludes halogenated alkanes) is 1. The van der Waals surface area contributed by atoms with Crippen LogP contribution in [0.3, 0.4) is 0 Å². The molecule has 1 amide bonds. The Morgan fingerprint density at radius 3 is 2.68 bits per heavy atom. The number of nitrogens with zero attached hydrogens (tertiary/aromatic N) is 2. The van der Waals surface area contributed by atoms with Crippen LogP contribution in [0.25, 0.3) is 10.9 Å². The summed E-state index contributed by atoms with van der Waals surface area (Å²) in [7, 11) is 0. The Hall–Kier alpha value is -3.29. The van der Waals surface area contributed by atoms with Gasteiger partial charge in [-0.25, -0.2) is 4.79 Å². The molecule has 3 aromatic rings. The summed E-state index contributed by atoms with van der Waals surface area (Å²) in [5.41, 5.74) is 7.20. The average molecular weight is 426 g/mol. The minimum Gasteiger partial charge on any atom is -0.383 e. The molecule has 2 aromatic heterocycles. The zero-order valence-electron chi connectivity index (χ0n) is 18.4. The first-order valence-corrected chi connectivity index (χ1v) is 10.8. The van der Waals surface area contributed by atoms with Crippen LogP contribution in [-0.2, 0) is 17.8 Å². The normalized spacial score (nSPS) is 11.4. The molecular weight excluding hydrogens is 394 g/mol. The summed E-state index contributed by atoms with van der Waals surface area (Å²) in [6.45, 7) is 6.68. The third kappa shape index (κ3) is 4.90. The first-order chi connectivity index (χ1) is 14.8. The largest absolute Gasteiger partial charge is 0.383 e. The van der Waals surface area contributed by atoms with Gasteiger partial charge in [-0.05, 0) is 30.4 Å². The lowest BCUT2D eigenvalue weighted by atomic mass is 10.1. The van der Waals surface area contributed by atoms with E-state index in [0.29, 0.717) is 19.5 Å². The van der Waals surface area contributed by atoms with Crippen molar-refractivity contribution in [3.8, 4) is 0 Å². The number of amides is 1. The molecule has 0 saturated heterocycles. The highest BCUT2D eigenvalue weighted by molar-refractivity contribution is 5.96. The van der Waals surface area contributed by atoms with Crippen LogP contribution in [0.15, 0.2) is 40.1 Å². The number of carbonyl (C=O) groups is 1.